The molecule has 0 N–H and O–H groups in total. The van der Waals surface area contributed by atoms with Gasteiger partial charge in [0.1, 0.15) is 11.6 Å². The SMILES string of the molecule is COc1ccc(C2(C(=O)N3CCC4(CC3)c3nccn3-c3ccccc3CN4C)CC2)cc1. The number of carbonyl (C=O) groups is 1. The Hall–Kier alpha value is -3.12. The molecule has 0 atom stereocenters. The van der Waals surface area contributed by atoms with Crippen molar-refractivity contribution in [3.8, 4) is 11.4 Å². The van der Waals surface area contributed by atoms with E-state index in [1.807, 2.05) is 18.3 Å². The predicted molar refractivity (Wildman–Crippen MR) is 126 cm³/mol. The fraction of sp³-hybridized carbons (Fsp3) is 0.407. The second-order valence-corrected chi connectivity index (χ2v) is 9.74. The topological polar surface area (TPSA) is 50.6 Å². The normalized spacial score (nSPS) is 20.6. The standard InChI is InChI=1S/C27H30N4O2/c1-29-19-20-5-3-4-6-23(20)31-18-15-28-24(31)27(29)13-16-30(17-14-27)25(32)26(11-12-26)21-7-9-22(33-2)10-8-21/h3-10,15,18H,11-14,16-17,19H2,1-2H3. The zero-order chi connectivity index (χ0) is 22.6. The molecule has 3 aliphatic rings. The number of ether oxygens (including phenoxy) is 1. The molecule has 0 unspecified atom stereocenters. The Morgan fingerprint density at radius 2 is 1.73 bits per heavy atom. The summed E-state index contributed by atoms with van der Waals surface area (Å²) >= 11 is 0. The lowest BCUT2D eigenvalue weighted by Crippen LogP contribution is -2.54. The van der Waals surface area contributed by atoms with E-state index >= 15 is 0 Å². The Bertz CT molecular complexity index is 1190. The van der Waals surface area contributed by atoms with Crippen molar-refractivity contribution in [2.75, 3.05) is 27.2 Å². The maximum Gasteiger partial charge on any atom is 0.233 e. The smallest absolute Gasteiger partial charge is 0.233 e. The van der Waals surface area contributed by atoms with Gasteiger partial charge in [0.2, 0.25) is 5.91 Å². The van der Waals surface area contributed by atoms with Crippen LogP contribution in [-0.4, -0.2) is 52.5 Å². The van der Waals surface area contributed by atoms with Crippen LogP contribution < -0.4 is 4.74 Å². The second kappa shape index (κ2) is 7.45. The minimum absolute atomic E-state index is 0.171. The Kier molecular flexibility index (Phi) is 4.63. The van der Waals surface area contributed by atoms with Gasteiger partial charge in [0.15, 0.2) is 0 Å². The lowest BCUT2D eigenvalue weighted by Gasteiger charge is -2.46. The van der Waals surface area contributed by atoms with Gasteiger partial charge < -0.3 is 14.2 Å². The van der Waals surface area contributed by atoms with Gasteiger partial charge in [-0.3, -0.25) is 9.69 Å². The summed E-state index contributed by atoms with van der Waals surface area (Å²) in [6.45, 7) is 2.39. The average molecular weight is 443 g/mol. The lowest BCUT2D eigenvalue weighted by atomic mass is 9.83. The summed E-state index contributed by atoms with van der Waals surface area (Å²) in [7, 11) is 3.88. The molecule has 0 bridgehead atoms. The van der Waals surface area contributed by atoms with Crippen LogP contribution in [-0.2, 0) is 22.3 Å². The summed E-state index contributed by atoms with van der Waals surface area (Å²) in [6.07, 6.45) is 7.62. The fourth-order valence-corrected chi connectivity index (χ4v) is 5.95. The van der Waals surface area contributed by atoms with Crippen LogP contribution in [0.5, 0.6) is 5.75 Å². The number of carbonyl (C=O) groups excluding carboxylic acids is 1. The molecule has 1 saturated carbocycles. The van der Waals surface area contributed by atoms with Crippen molar-refractivity contribution >= 4 is 5.91 Å². The van der Waals surface area contributed by atoms with Crippen LogP contribution in [0.4, 0.5) is 0 Å². The first-order chi connectivity index (χ1) is 16.1. The van der Waals surface area contributed by atoms with Crippen molar-refractivity contribution in [2.24, 2.45) is 0 Å². The highest BCUT2D eigenvalue weighted by Crippen LogP contribution is 2.51. The summed E-state index contributed by atoms with van der Waals surface area (Å²) in [5, 5.41) is 0. The molecule has 1 saturated heterocycles. The van der Waals surface area contributed by atoms with Gasteiger partial charge in [-0.25, -0.2) is 4.98 Å². The Morgan fingerprint density at radius 3 is 2.42 bits per heavy atom. The van der Waals surface area contributed by atoms with Crippen molar-refractivity contribution in [3.05, 3.63) is 77.9 Å². The van der Waals surface area contributed by atoms with Gasteiger partial charge in [-0.05, 0) is 62.1 Å². The third-order valence-corrected chi connectivity index (χ3v) is 8.13. The van der Waals surface area contributed by atoms with Crippen LogP contribution in [0.15, 0.2) is 60.9 Å². The summed E-state index contributed by atoms with van der Waals surface area (Å²) < 4.78 is 7.56. The summed E-state index contributed by atoms with van der Waals surface area (Å²) in [5.74, 6) is 2.21. The molecule has 3 heterocycles. The number of nitrogens with zero attached hydrogens (tertiary/aromatic N) is 4. The Balaban J connectivity index is 1.26. The van der Waals surface area contributed by atoms with E-state index in [0.29, 0.717) is 0 Å². The number of hydrogen-bond acceptors (Lipinski definition) is 4. The molecule has 1 amide bonds. The third kappa shape index (κ3) is 3.04. The number of aromatic nitrogens is 2. The molecule has 170 valence electrons. The first-order valence-corrected chi connectivity index (χ1v) is 11.8. The van der Waals surface area contributed by atoms with Crippen LogP contribution in [0.1, 0.15) is 42.6 Å². The highest BCUT2D eigenvalue weighted by Gasteiger charge is 2.54. The largest absolute Gasteiger partial charge is 0.497 e. The quantitative estimate of drug-likeness (QED) is 0.618. The third-order valence-electron chi connectivity index (χ3n) is 8.13. The first-order valence-electron chi connectivity index (χ1n) is 11.8. The molecule has 1 aliphatic carbocycles. The average Bonchev–Trinajstić information content (AvgIpc) is 3.54. The van der Waals surface area contributed by atoms with E-state index in [-0.39, 0.29) is 16.9 Å². The number of methoxy groups -OCH3 is 1. The van der Waals surface area contributed by atoms with Crippen LogP contribution in [0.25, 0.3) is 5.69 Å². The summed E-state index contributed by atoms with van der Waals surface area (Å²) in [6, 6.07) is 16.6. The van der Waals surface area contributed by atoms with Crippen LogP contribution in [0.2, 0.25) is 0 Å². The monoisotopic (exact) mass is 442 g/mol. The van der Waals surface area contributed by atoms with Gasteiger partial charge in [0, 0.05) is 32.0 Å². The van der Waals surface area contributed by atoms with E-state index in [9.17, 15) is 4.79 Å². The maximum absolute atomic E-state index is 13.7. The number of piperidine rings is 1. The van der Waals surface area contributed by atoms with E-state index in [1.54, 1.807) is 7.11 Å². The maximum atomic E-state index is 13.7. The molecule has 3 aromatic rings. The number of rotatable bonds is 3. The number of hydrogen-bond donors (Lipinski definition) is 0. The van der Waals surface area contributed by atoms with E-state index in [0.717, 1.165) is 62.5 Å². The van der Waals surface area contributed by atoms with Crippen LogP contribution in [0, 0.1) is 0 Å². The predicted octanol–water partition coefficient (Wildman–Crippen LogP) is 3.88. The minimum atomic E-state index is -0.346. The highest BCUT2D eigenvalue weighted by molar-refractivity contribution is 5.91. The van der Waals surface area contributed by atoms with Gasteiger partial charge in [-0.15, -0.1) is 0 Å². The van der Waals surface area contributed by atoms with Crippen molar-refractivity contribution in [3.63, 3.8) is 0 Å². The zero-order valence-electron chi connectivity index (χ0n) is 19.3. The molecular weight excluding hydrogens is 412 g/mol. The van der Waals surface area contributed by atoms with Gasteiger partial charge in [-0.2, -0.15) is 0 Å². The number of imidazole rings is 1. The number of likely N-dealkylation sites (tertiary alicyclic amines) is 1. The fourth-order valence-electron chi connectivity index (χ4n) is 5.95. The molecule has 6 heteroatoms. The lowest BCUT2D eigenvalue weighted by molar-refractivity contribution is -0.137. The first kappa shape index (κ1) is 20.5. The van der Waals surface area contributed by atoms with E-state index in [2.05, 4.69) is 64.0 Å². The Labute approximate surface area is 194 Å². The molecule has 33 heavy (non-hydrogen) atoms. The Morgan fingerprint density at radius 1 is 1.00 bits per heavy atom. The molecule has 2 fully saturated rings. The van der Waals surface area contributed by atoms with E-state index in [4.69, 9.17) is 9.72 Å². The van der Waals surface area contributed by atoms with Crippen LogP contribution in [0.3, 0.4) is 0 Å². The van der Waals surface area contributed by atoms with E-state index < -0.39 is 0 Å². The zero-order valence-corrected chi connectivity index (χ0v) is 19.3. The molecule has 2 aromatic carbocycles. The second-order valence-electron chi connectivity index (χ2n) is 9.74. The molecule has 1 aromatic heterocycles. The molecule has 2 aliphatic heterocycles. The molecule has 6 nitrogen and oxygen atoms in total. The van der Waals surface area contributed by atoms with Gasteiger partial charge in [0.25, 0.3) is 0 Å². The summed E-state index contributed by atoms with van der Waals surface area (Å²) in [4.78, 5) is 23.1. The molecular formula is C27H30N4O2. The number of benzene rings is 2. The van der Waals surface area contributed by atoms with Crippen molar-refractivity contribution in [2.45, 2.75) is 43.2 Å². The van der Waals surface area contributed by atoms with Crippen molar-refractivity contribution < 1.29 is 9.53 Å². The van der Waals surface area contributed by atoms with E-state index in [1.165, 1.54) is 11.3 Å². The van der Waals surface area contributed by atoms with Gasteiger partial charge >= 0.3 is 0 Å². The van der Waals surface area contributed by atoms with Crippen LogP contribution >= 0.6 is 0 Å². The number of amides is 1. The van der Waals surface area contributed by atoms with Gasteiger partial charge in [0.05, 0.1) is 23.8 Å². The molecule has 1 spiro atoms. The summed E-state index contributed by atoms with van der Waals surface area (Å²) in [5.41, 5.74) is 3.12. The molecule has 6 rings (SSSR count). The number of para-hydroxylation sites is 1. The highest BCUT2D eigenvalue weighted by atomic mass is 16.5. The van der Waals surface area contributed by atoms with Gasteiger partial charge in [-0.1, -0.05) is 30.3 Å². The number of fused-ring (bicyclic) bond motifs is 4. The molecule has 0 radical (unpaired) electrons. The van der Waals surface area contributed by atoms with Crippen molar-refractivity contribution in [1.29, 1.82) is 0 Å². The minimum Gasteiger partial charge on any atom is -0.497 e. The van der Waals surface area contributed by atoms with Crippen molar-refractivity contribution in [1.82, 2.24) is 19.4 Å².